The van der Waals surface area contributed by atoms with Crippen LogP contribution in [-0.4, -0.2) is 12.3 Å². The van der Waals surface area contributed by atoms with Crippen LogP contribution in [0.4, 0.5) is 0 Å². The highest BCUT2D eigenvalue weighted by Gasteiger charge is 2.41. The number of halogens is 1. The lowest BCUT2D eigenvalue weighted by Gasteiger charge is -2.28. The number of unbranched alkanes of at least 4 members (excludes halogenated alkanes) is 10. The molecule has 168 valence electrons. The second kappa shape index (κ2) is 16.8. The van der Waals surface area contributed by atoms with Crippen molar-refractivity contribution in [2.24, 2.45) is 0 Å². The van der Waals surface area contributed by atoms with Crippen LogP contribution in [0.5, 0.6) is 0 Å². The SMILES string of the molecule is CCCCCCCC[P+](CCCCCCCC)(c1ccccc1)c1ccccc1.[Cl-]. The Morgan fingerprint density at radius 1 is 0.467 bits per heavy atom. The van der Waals surface area contributed by atoms with E-state index in [2.05, 4.69) is 74.5 Å². The largest absolute Gasteiger partial charge is 1.00 e. The summed E-state index contributed by atoms with van der Waals surface area (Å²) >= 11 is 0. The van der Waals surface area contributed by atoms with Crippen molar-refractivity contribution >= 4 is 17.9 Å². The molecule has 30 heavy (non-hydrogen) atoms. The molecule has 0 unspecified atom stereocenters. The zero-order chi connectivity index (χ0) is 20.6. The molecule has 0 nitrogen and oxygen atoms in total. The van der Waals surface area contributed by atoms with Crippen LogP contribution in [0.2, 0.25) is 0 Å². The van der Waals surface area contributed by atoms with Crippen LogP contribution in [0.15, 0.2) is 60.7 Å². The van der Waals surface area contributed by atoms with Gasteiger partial charge in [-0.3, -0.25) is 0 Å². The Kier molecular flexibility index (Phi) is 15.2. The average molecular weight is 447 g/mol. The standard InChI is InChI=1S/C28H44P.ClH/c1-3-5-7-9-11-19-25-29(27-21-15-13-16-22-27,28-23-17-14-18-24-28)26-20-12-10-8-6-4-2;/h13-18,21-24H,3-12,19-20,25-26H2,1-2H3;1H/q+1;/p-1. The van der Waals surface area contributed by atoms with Crippen molar-refractivity contribution < 1.29 is 12.4 Å². The predicted octanol–water partition coefficient (Wildman–Crippen LogP) is 5.38. The fraction of sp³-hybridized carbons (Fsp3) is 0.571. The van der Waals surface area contributed by atoms with E-state index in [1.54, 1.807) is 10.6 Å². The van der Waals surface area contributed by atoms with Gasteiger partial charge >= 0.3 is 0 Å². The summed E-state index contributed by atoms with van der Waals surface area (Å²) in [4.78, 5) is 0. The van der Waals surface area contributed by atoms with E-state index >= 15 is 0 Å². The molecule has 0 N–H and O–H groups in total. The molecule has 0 saturated heterocycles. The fourth-order valence-corrected chi connectivity index (χ4v) is 9.10. The van der Waals surface area contributed by atoms with Crippen molar-refractivity contribution in [3.05, 3.63) is 60.7 Å². The normalized spacial score (nSPS) is 11.3. The summed E-state index contributed by atoms with van der Waals surface area (Å²) in [6, 6.07) is 23.1. The summed E-state index contributed by atoms with van der Waals surface area (Å²) in [6.07, 6.45) is 19.5. The van der Waals surface area contributed by atoms with Crippen molar-refractivity contribution in [1.82, 2.24) is 0 Å². The van der Waals surface area contributed by atoms with Crippen LogP contribution in [0.3, 0.4) is 0 Å². The first-order chi connectivity index (χ1) is 14.3. The molecule has 0 saturated carbocycles. The minimum absolute atomic E-state index is 0. The average Bonchev–Trinajstić information content (AvgIpc) is 2.78. The molecule has 0 radical (unpaired) electrons. The van der Waals surface area contributed by atoms with Gasteiger partial charge < -0.3 is 12.4 Å². The quantitative estimate of drug-likeness (QED) is 0.240. The summed E-state index contributed by atoms with van der Waals surface area (Å²) < 4.78 is 0. The van der Waals surface area contributed by atoms with Gasteiger partial charge in [-0.2, -0.15) is 0 Å². The Labute approximate surface area is 194 Å². The number of hydrogen-bond donors (Lipinski definition) is 0. The van der Waals surface area contributed by atoms with Gasteiger partial charge in [-0.1, -0.05) is 102 Å². The second-order valence-electron chi connectivity index (χ2n) is 8.62. The number of rotatable bonds is 16. The Balaban J connectivity index is 0.00000450. The van der Waals surface area contributed by atoms with Crippen molar-refractivity contribution in [2.75, 3.05) is 12.3 Å². The van der Waals surface area contributed by atoms with E-state index in [1.807, 2.05) is 0 Å². The zero-order valence-electron chi connectivity index (χ0n) is 19.5. The Bertz CT molecular complexity index is 568. The molecule has 0 fully saturated rings. The molecule has 2 heteroatoms. The lowest BCUT2D eigenvalue weighted by atomic mass is 10.1. The Morgan fingerprint density at radius 3 is 1.17 bits per heavy atom. The molecule has 2 aromatic rings. The van der Waals surface area contributed by atoms with Crippen LogP contribution in [0, 0.1) is 0 Å². The highest BCUT2D eigenvalue weighted by Crippen LogP contribution is 2.57. The van der Waals surface area contributed by atoms with E-state index in [9.17, 15) is 0 Å². The van der Waals surface area contributed by atoms with Crippen molar-refractivity contribution in [2.45, 2.75) is 90.9 Å². The van der Waals surface area contributed by atoms with Gasteiger partial charge in [-0.05, 0) is 49.9 Å². The maximum Gasteiger partial charge on any atom is 0.0991 e. The highest BCUT2D eigenvalue weighted by atomic mass is 35.5. The lowest BCUT2D eigenvalue weighted by molar-refractivity contribution is -0.00000613. The molecule has 0 aliphatic carbocycles. The van der Waals surface area contributed by atoms with Gasteiger partial charge in [0.05, 0.1) is 30.2 Å². The van der Waals surface area contributed by atoms with Crippen LogP contribution >= 0.6 is 7.26 Å². The van der Waals surface area contributed by atoms with E-state index in [0.29, 0.717) is 0 Å². The molecule has 0 atom stereocenters. The highest BCUT2D eigenvalue weighted by molar-refractivity contribution is 7.89. The minimum Gasteiger partial charge on any atom is -1.00 e. The molecule has 0 heterocycles. The molecule has 0 aliphatic rings. The summed E-state index contributed by atoms with van der Waals surface area (Å²) in [7, 11) is -1.31. The monoisotopic (exact) mass is 446 g/mol. The molecule has 0 spiro atoms. The molecule has 0 aromatic heterocycles. The van der Waals surface area contributed by atoms with E-state index in [4.69, 9.17) is 0 Å². The molecule has 0 amide bonds. The van der Waals surface area contributed by atoms with E-state index in [1.165, 1.54) is 89.4 Å². The number of benzene rings is 2. The van der Waals surface area contributed by atoms with E-state index < -0.39 is 7.26 Å². The first-order valence-electron chi connectivity index (χ1n) is 12.3. The summed E-state index contributed by atoms with van der Waals surface area (Å²) in [5.41, 5.74) is 0. The van der Waals surface area contributed by atoms with Crippen LogP contribution in [0.1, 0.15) is 90.9 Å². The molecule has 2 rings (SSSR count). The predicted molar refractivity (Wildman–Crippen MR) is 136 cm³/mol. The summed E-state index contributed by atoms with van der Waals surface area (Å²) in [6.45, 7) is 4.61. The summed E-state index contributed by atoms with van der Waals surface area (Å²) in [5.74, 6) is 0. The molecule has 2 aromatic carbocycles. The Morgan fingerprint density at radius 2 is 0.800 bits per heavy atom. The van der Waals surface area contributed by atoms with Crippen molar-refractivity contribution in [1.29, 1.82) is 0 Å². The molecular formula is C28H44ClP. The van der Waals surface area contributed by atoms with Gasteiger partial charge in [-0.25, -0.2) is 0 Å². The molecule has 0 bridgehead atoms. The van der Waals surface area contributed by atoms with Gasteiger partial charge in [0, 0.05) is 0 Å². The zero-order valence-corrected chi connectivity index (χ0v) is 21.1. The first kappa shape index (κ1) is 27.2. The second-order valence-corrected chi connectivity index (χ2v) is 12.5. The Hall–Kier alpha value is -0.840. The smallest absolute Gasteiger partial charge is 0.0991 e. The third kappa shape index (κ3) is 9.11. The first-order valence-corrected chi connectivity index (χ1v) is 14.5. The van der Waals surface area contributed by atoms with Gasteiger partial charge in [-0.15, -0.1) is 0 Å². The van der Waals surface area contributed by atoms with E-state index in [0.717, 1.165) is 0 Å². The van der Waals surface area contributed by atoms with Gasteiger partial charge in [0.15, 0.2) is 0 Å². The summed E-state index contributed by atoms with van der Waals surface area (Å²) in [5, 5.41) is 3.27. The van der Waals surface area contributed by atoms with Crippen LogP contribution in [0.25, 0.3) is 0 Å². The molecular weight excluding hydrogens is 403 g/mol. The van der Waals surface area contributed by atoms with Crippen LogP contribution in [-0.2, 0) is 0 Å². The molecule has 0 aliphatic heterocycles. The van der Waals surface area contributed by atoms with Gasteiger partial charge in [0.1, 0.15) is 0 Å². The maximum atomic E-state index is 2.43. The van der Waals surface area contributed by atoms with Gasteiger partial charge in [0.25, 0.3) is 0 Å². The third-order valence-corrected chi connectivity index (χ3v) is 11.0. The number of hydrogen-bond acceptors (Lipinski definition) is 0. The third-order valence-electron chi connectivity index (χ3n) is 6.29. The lowest BCUT2D eigenvalue weighted by Crippen LogP contribution is -3.00. The van der Waals surface area contributed by atoms with Crippen LogP contribution < -0.4 is 23.0 Å². The maximum absolute atomic E-state index is 2.43. The van der Waals surface area contributed by atoms with E-state index in [-0.39, 0.29) is 12.4 Å². The van der Waals surface area contributed by atoms with Crippen molar-refractivity contribution in [3.8, 4) is 0 Å². The minimum atomic E-state index is -1.31. The van der Waals surface area contributed by atoms with Crippen molar-refractivity contribution in [3.63, 3.8) is 0 Å². The fourth-order valence-electron chi connectivity index (χ4n) is 4.53. The van der Waals surface area contributed by atoms with Gasteiger partial charge in [0.2, 0.25) is 0 Å². The topological polar surface area (TPSA) is 0 Å².